The van der Waals surface area contributed by atoms with Crippen LogP contribution < -0.4 is 10.7 Å². The van der Waals surface area contributed by atoms with Gasteiger partial charge in [0.05, 0.1) is 11.7 Å². The van der Waals surface area contributed by atoms with E-state index in [4.69, 9.17) is 0 Å². The average molecular weight is 245 g/mol. The lowest BCUT2D eigenvalue weighted by atomic mass is 10.2. The third-order valence-electron chi connectivity index (χ3n) is 2.86. The Labute approximate surface area is 107 Å². The number of fused-ring (bicyclic) bond motifs is 1. The normalized spacial score (nSPS) is 11.3. The molecule has 0 radical (unpaired) electrons. The summed E-state index contributed by atoms with van der Waals surface area (Å²) >= 11 is 0. The van der Waals surface area contributed by atoms with Gasteiger partial charge in [0, 0.05) is 18.0 Å². The van der Waals surface area contributed by atoms with Gasteiger partial charge in [-0.25, -0.2) is 0 Å². The predicted octanol–water partition coefficient (Wildman–Crippen LogP) is 1.78. The predicted molar refractivity (Wildman–Crippen MR) is 73.8 cm³/mol. The van der Waals surface area contributed by atoms with E-state index in [1.54, 1.807) is 0 Å². The maximum Gasteiger partial charge on any atom is 0.207 e. The molecule has 96 valence electrons. The monoisotopic (exact) mass is 245 g/mol. The number of rotatable bonds is 5. The molecule has 0 spiro atoms. The van der Waals surface area contributed by atoms with Crippen molar-refractivity contribution in [2.45, 2.75) is 32.9 Å². The van der Waals surface area contributed by atoms with Gasteiger partial charge in [-0.05, 0) is 25.1 Å². The number of aromatic nitrogens is 2. The van der Waals surface area contributed by atoms with Crippen molar-refractivity contribution < 1.29 is 0 Å². The van der Waals surface area contributed by atoms with Gasteiger partial charge in [0.1, 0.15) is 0 Å². The number of nitrogens with zero attached hydrogens (tertiary/aromatic N) is 2. The van der Waals surface area contributed by atoms with Crippen LogP contribution in [0.2, 0.25) is 0 Å². The van der Waals surface area contributed by atoms with E-state index in [1.165, 1.54) is 6.20 Å². The first-order chi connectivity index (χ1) is 8.68. The first-order valence-corrected chi connectivity index (χ1v) is 6.37. The summed E-state index contributed by atoms with van der Waals surface area (Å²) in [4.78, 5) is 11.7. The molecule has 0 aliphatic heterocycles. The fraction of sp³-hybridized carbons (Fsp3) is 0.429. The van der Waals surface area contributed by atoms with Crippen molar-refractivity contribution in [3.05, 3.63) is 40.7 Å². The van der Waals surface area contributed by atoms with Crippen molar-refractivity contribution in [1.29, 1.82) is 0 Å². The summed E-state index contributed by atoms with van der Waals surface area (Å²) in [6.07, 6.45) is 2.40. The quantitative estimate of drug-likeness (QED) is 0.817. The van der Waals surface area contributed by atoms with Crippen LogP contribution in [-0.4, -0.2) is 22.4 Å². The van der Waals surface area contributed by atoms with E-state index in [9.17, 15) is 4.79 Å². The number of para-hydroxylation sites is 1. The smallest absolute Gasteiger partial charge is 0.207 e. The van der Waals surface area contributed by atoms with Crippen molar-refractivity contribution in [2.24, 2.45) is 0 Å². The summed E-state index contributed by atoms with van der Waals surface area (Å²) in [6.45, 7) is 6.04. The van der Waals surface area contributed by atoms with E-state index in [2.05, 4.69) is 24.3 Å². The summed E-state index contributed by atoms with van der Waals surface area (Å²) in [5.41, 5.74) is 0.900. The molecule has 1 N–H and O–H groups in total. The molecule has 0 saturated carbocycles. The molecular formula is C14H19N3O. The molecule has 1 aromatic heterocycles. The van der Waals surface area contributed by atoms with E-state index in [0.717, 1.165) is 30.4 Å². The molecule has 2 rings (SSSR count). The Kier molecular flexibility index (Phi) is 4.10. The van der Waals surface area contributed by atoms with Gasteiger partial charge < -0.3 is 5.32 Å². The Bertz CT molecular complexity index is 575. The Morgan fingerprint density at radius 3 is 2.89 bits per heavy atom. The highest BCUT2D eigenvalue weighted by atomic mass is 16.1. The van der Waals surface area contributed by atoms with Crippen LogP contribution in [-0.2, 0) is 6.54 Å². The summed E-state index contributed by atoms with van der Waals surface area (Å²) in [5, 5.41) is 8.31. The molecule has 0 unspecified atom stereocenters. The van der Waals surface area contributed by atoms with E-state index >= 15 is 0 Å². The van der Waals surface area contributed by atoms with Gasteiger partial charge in [0.15, 0.2) is 0 Å². The minimum atomic E-state index is -0.0119. The fourth-order valence-electron chi connectivity index (χ4n) is 1.96. The first-order valence-electron chi connectivity index (χ1n) is 6.37. The number of benzene rings is 1. The molecule has 0 aliphatic rings. The average Bonchev–Trinajstić information content (AvgIpc) is 2.37. The molecule has 0 aliphatic carbocycles. The zero-order valence-corrected chi connectivity index (χ0v) is 10.9. The van der Waals surface area contributed by atoms with Crippen LogP contribution in [0.15, 0.2) is 35.3 Å². The largest absolute Gasteiger partial charge is 0.314 e. The molecule has 0 bridgehead atoms. The van der Waals surface area contributed by atoms with Gasteiger partial charge in [-0.3, -0.25) is 9.48 Å². The SMILES string of the molecule is CC(C)NCCCn1ncc(=O)c2ccccc21. The minimum absolute atomic E-state index is 0.0119. The third-order valence-corrected chi connectivity index (χ3v) is 2.86. The van der Waals surface area contributed by atoms with Crippen LogP contribution >= 0.6 is 0 Å². The van der Waals surface area contributed by atoms with Gasteiger partial charge in [-0.15, -0.1) is 0 Å². The summed E-state index contributed by atoms with van der Waals surface area (Å²) in [6, 6.07) is 8.12. The van der Waals surface area contributed by atoms with Crippen LogP contribution in [0.3, 0.4) is 0 Å². The van der Waals surface area contributed by atoms with Crippen LogP contribution in [0.1, 0.15) is 20.3 Å². The topological polar surface area (TPSA) is 46.9 Å². The molecule has 18 heavy (non-hydrogen) atoms. The zero-order valence-electron chi connectivity index (χ0n) is 10.9. The lowest BCUT2D eigenvalue weighted by Gasteiger charge is -2.10. The van der Waals surface area contributed by atoms with Crippen LogP contribution in [0.4, 0.5) is 0 Å². The molecule has 4 heteroatoms. The van der Waals surface area contributed by atoms with Gasteiger partial charge in [0.25, 0.3) is 0 Å². The second kappa shape index (κ2) is 5.78. The van der Waals surface area contributed by atoms with Gasteiger partial charge in [-0.1, -0.05) is 26.0 Å². The molecular weight excluding hydrogens is 226 g/mol. The fourth-order valence-corrected chi connectivity index (χ4v) is 1.96. The molecule has 1 aromatic carbocycles. The zero-order chi connectivity index (χ0) is 13.0. The van der Waals surface area contributed by atoms with Crippen molar-refractivity contribution in [3.63, 3.8) is 0 Å². The van der Waals surface area contributed by atoms with E-state index in [-0.39, 0.29) is 5.43 Å². The van der Waals surface area contributed by atoms with E-state index in [1.807, 2.05) is 28.9 Å². The third kappa shape index (κ3) is 2.96. The standard InChI is InChI=1S/C14H19N3O/c1-11(2)15-8-5-9-17-13-7-4-3-6-12(13)14(18)10-16-17/h3-4,6-7,10-11,15H,5,8-9H2,1-2H3. The Balaban J connectivity index is 2.14. The molecule has 1 heterocycles. The van der Waals surface area contributed by atoms with Crippen LogP contribution in [0.25, 0.3) is 10.9 Å². The number of hydrogen-bond donors (Lipinski definition) is 1. The second-order valence-corrected chi connectivity index (χ2v) is 4.71. The van der Waals surface area contributed by atoms with Gasteiger partial charge in [0.2, 0.25) is 5.43 Å². The maximum atomic E-state index is 11.7. The highest BCUT2D eigenvalue weighted by Crippen LogP contribution is 2.07. The van der Waals surface area contributed by atoms with Crippen molar-refractivity contribution in [1.82, 2.24) is 15.1 Å². The van der Waals surface area contributed by atoms with E-state index < -0.39 is 0 Å². The molecule has 4 nitrogen and oxygen atoms in total. The second-order valence-electron chi connectivity index (χ2n) is 4.71. The summed E-state index contributed by atoms with van der Waals surface area (Å²) in [7, 11) is 0. The van der Waals surface area contributed by atoms with Crippen molar-refractivity contribution in [3.8, 4) is 0 Å². The van der Waals surface area contributed by atoms with Crippen LogP contribution in [0.5, 0.6) is 0 Å². The van der Waals surface area contributed by atoms with Crippen LogP contribution in [0, 0.1) is 0 Å². The van der Waals surface area contributed by atoms with Crippen molar-refractivity contribution in [2.75, 3.05) is 6.54 Å². The molecule has 0 fully saturated rings. The summed E-state index contributed by atoms with van der Waals surface area (Å²) < 4.78 is 1.90. The molecule has 0 atom stereocenters. The number of nitrogens with one attached hydrogen (secondary N) is 1. The van der Waals surface area contributed by atoms with Gasteiger partial charge in [-0.2, -0.15) is 5.10 Å². The lowest BCUT2D eigenvalue weighted by molar-refractivity contribution is 0.517. The molecule has 0 saturated heterocycles. The molecule has 0 amide bonds. The molecule has 2 aromatic rings. The number of aryl methyl sites for hydroxylation is 1. The highest BCUT2D eigenvalue weighted by molar-refractivity contribution is 5.77. The number of hydrogen-bond acceptors (Lipinski definition) is 3. The lowest BCUT2D eigenvalue weighted by Crippen LogP contribution is -2.25. The Morgan fingerprint density at radius 1 is 1.33 bits per heavy atom. The minimum Gasteiger partial charge on any atom is -0.314 e. The Hall–Kier alpha value is -1.68. The van der Waals surface area contributed by atoms with Crippen molar-refractivity contribution >= 4 is 10.9 Å². The Morgan fingerprint density at radius 2 is 2.11 bits per heavy atom. The van der Waals surface area contributed by atoms with E-state index in [0.29, 0.717) is 6.04 Å². The highest BCUT2D eigenvalue weighted by Gasteiger charge is 2.02. The van der Waals surface area contributed by atoms with Gasteiger partial charge >= 0.3 is 0 Å². The summed E-state index contributed by atoms with van der Waals surface area (Å²) in [5.74, 6) is 0. The first kappa shape index (κ1) is 12.8. The maximum absolute atomic E-state index is 11.7.